The van der Waals surface area contributed by atoms with E-state index < -0.39 is 29.2 Å². The Morgan fingerprint density at radius 2 is 1.47 bits per heavy atom. The summed E-state index contributed by atoms with van der Waals surface area (Å²) >= 11 is 0. The largest absolute Gasteiger partial charge is 0.462 e. The highest BCUT2D eigenvalue weighted by Crippen LogP contribution is 2.31. The van der Waals surface area contributed by atoms with E-state index in [1.54, 1.807) is 6.07 Å². The molecule has 97 valence electrons. The second-order valence-electron chi connectivity index (χ2n) is 3.65. The number of amides is 1. The number of hydrogen-bond acceptors (Lipinski definition) is 1. The molecule has 0 atom stereocenters. The van der Waals surface area contributed by atoms with Gasteiger partial charge in [0.25, 0.3) is 0 Å². The maximum absolute atomic E-state index is 13.6. The molecular weight excluding hydrogens is 259 g/mol. The molecule has 2 rings (SSSR count). The van der Waals surface area contributed by atoms with Crippen molar-refractivity contribution < 1.29 is 23.1 Å². The van der Waals surface area contributed by atoms with E-state index in [1.165, 1.54) is 24.3 Å². The van der Waals surface area contributed by atoms with Crippen molar-refractivity contribution in [1.82, 2.24) is 0 Å². The summed E-state index contributed by atoms with van der Waals surface area (Å²) in [6.07, 6.45) is -1.82. The fraction of sp³-hybridized carbons (Fsp3) is 0. The third kappa shape index (κ3) is 2.52. The first-order chi connectivity index (χ1) is 9.00. The summed E-state index contributed by atoms with van der Waals surface area (Å²) in [5.74, 6) is -3.79. The number of carbonyl (C=O) groups excluding carboxylic acids is 1. The molecule has 0 saturated carbocycles. The van der Waals surface area contributed by atoms with E-state index in [4.69, 9.17) is 0 Å². The molecule has 1 amide bonds. The van der Waals surface area contributed by atoms with E-state index in [0.29, 0.717) is 17.0 Å². The van der Waals surface area contributed by atoms with E-state index in [2.05, 4.69) is 0 Å². The van der Waals surface area contributed by atoms with Crippen LogP contribution in [0.3, 0.4) is 0 Å². The van der Waals surface area contributed by atoms with Crippen LogP contribution in [0.15, 0.2) is 42.5 Å². The van der Waals surface area contributed by atoms with Crippen LogP contribution in [-0.2, 0) is 5.11 Å². The van der Waals surface area contributed by atoms with E-state index in [1.807, 2.05) is 0 Å². The molecule has 3 nitrogen and oxygen atoms in total. The Bertz CT molecular complexity index is 594. The molecule has 2 aromatic carbocycles. The van der Waals surface area contributed by atoms with Gasteiger partial charge >= 0.3 is 6.09 Å². The first-order valence-electron chi connectivity index (χ1n) is 5.21. The van der Waals surface area contributed by atoms with Crippen molar-refractivity contribution >= 4 is 17.5 Å². The Kier molecular flexibility index (Phi) is 3.41. The van der Waals surface area contributed by atoms with E-state index in [0.717, 1.165) is 0 Å². The zero-order chi connectivity index (χ0) is 14.0. The monoisotopic (exact) mass is 266 g/mol. The quantitative estimate of drug-likeness (QED) is 0.815. The Morgan fingerprint density at radius 3 is 1.95 bits per heavy atom. The summed E-state index contributed by atoms with van der Waals surface area (Å²) in [6, 6.07) is 8.05. The van der Waals surface area contributed by atoms with Crippen molar-refractivity contribution in [2.75, 3.05) is 4.90 Å². The number of para-hydroxylation sites is 1. The molecule has 2 aromatic rings. The first-order valence-corrected chi connectivity index (χ1v) is 5.21. The minimum absolute atomic E-state index is 0.00749. The van der Waals surface area contributed by atoms with Gasteiger partial charge in [0.05, 0.1) is 5.69 Å². The summed E-state index contributed by atoms with van der Waals surface area (Å²) in [6.45, 7) is 0. The van der Waals surface area contributed by atoms with Gasteiger partial charge in [0, 0.05) is 12.1 Å². The van der Waals surface area contributed by atoms with E-state index >= 15 is 0 Å². The van der Waals surface area contributed by atoms with Crippen molar-refractivity contribution in [3.8, 4) is 0 Å². The van der Waals surface area contributed by atoms with Gasteiger partial charge < -0.3 is 0 Å². The van der Waals surface area contributed by atoms with Gasteiger partial charge in [0.2, 0.25) is 0 Å². The molecule has 19 heavy (non-hydrogen) atoms. The maximum atomic E-state index is 13.6. The van der Waals surface area contributed by atoms with Crippen molar-refractivity contribution in [3.05, 3.63) is 59.9 Å². The molecule has 0 aromatic heterocycles. The van der Waals surface area contributed by atoms with Crippen molar-refractivity contribution in [2.24, 2.45) is 0 Å². The lowest BCUT2D eigenvalue weighted by molar-refractivity contribution is 0.179. The molecule has 0 heterocycles. The standard InChI is InChI=1S/C13H7F3NO2/c14-8-6-10(15)12(11(16)7-8)17(13(18)19)9-4-2-1-3-5-9/h1-7H. The highest BCUT2D eigenvalue weighted by molar-refractivity contribution is 5.94. The zero-order valence-corrected chi connectivity index (χ0v) is 9.44. The molecule has 0 aliphatic carbocycles. The number of halogens is 3. The average molecular weight is 266 g/mol. The number of nitrogens with zero attached hydrogens (tertiary/aromatic N) is 1. The molecule has 0 N–H and O–H groups in total. The topological polar surface area (TPSA) is 40.2 Å². The number of hydrogen-bond donors (Lipinski definition) is 0. The van der Waals surface area contributed by atoms with Crippen LogP contribution < -0.4 is 4.90 Å². The van der Waals surface area contributed by atoms with Gasteiger partial charge in [0.1, 0.15) is 11.5 Å². The Hall–Kier alpha value is -2.50. The minimum Gasteiger partial charge on any atom is -0.237 e. The van der Waals surface area contributed by atoms with Crippen LogP contribution in [-0.4, -0.2) is 6.09 Å². The number of benzene rings is 2. The summed E-state index contributed by atoms with van der Waals surface area (Å²) in [5.41, 5.74) is -0.903. The minimum atomic E-state index is -1.82. The molecule has 0 unspecified atom stereocenters. The van der Waals surface area contributed by atoms with E-state index in [-0.39, 0.29) is 5.69 Å². The predicted octanol–water partition coefficient (Wildman–Crippen LogP) is 3.79. The first kappa shape index (κ1) is 12.9. The van der Waals surface area contributed by atoms with Crippen LogP contribution >= 0.6 is 0 Å². The molecule has 0 aliphatic rings. The molecule has 0 spiro atoms. The second kappa shape index (κ2) is 5.01. The van der Waals surface area contributed by atoms with Crippen LogP contribution in [0.4, 0.5) is 29.3 Å². The van der Waals surface area contributed by atoms with Crippen LogP contribution in [0.2, 0.25) is 0 Å². The summed E-state index contributed by atoms with van der Waals surface area (Å²) < 4.78 is 40.0. The van der Waals surface area contributed by atoms with Gasteiger partial charge in [-0.05, 0) is 12.1 Å². The number of carbonyl (C=O) groups is 1. The number of anilines is 2. The third-order valence-corrected chi connectivity index (χ3v) is 2.40. The Balaban J connectivity index is 2.62. The van der Waals surface area contributed by atoms with Gasteiger partial charge in [-0.2, -0.15) is 0 Å². The Labute approximate surface area is 106 Å². The van der Waals surface area contributed by atoms with Crippen LogP contribution in [0, 0.1) is 17.5 Å². The second-order valence-corrected chi connectivity index (χ2v) is 3.65. The van der Waals surface area contributed by atoms with Crippen molar-refractivity contribution in [2.45, 2.75) is 0 Å². The van der Waals surface area contributed by atoms with Gasteiger partial charge in [-0.1, -0.05) is 18.2 Å². The van der Waals surface area contributed by atoms with Crippen LogP contribution in [0.1, 0.15) is 0 Å². The van der Waals surface area contributed by atoms with Crippen LogP contribution in [0.25, 0.3) is 0 Å². The predicted molar refractivity (Wildman–Crippen MR) is 61.0 cm³/mol. The van der Waals surface area contributed by atoms with E-state index in [9.17, 15) is 23.1 Å². The molecule has 0 bridgehead atoms. The highest BCUT2D eigenvalue weighted by atomic mass is 19.1. The van der Waals surface area contributed by atoms with Crippen molar-refractivity contribution in [3.63, 3.8) is 0 Å². The zero-order valence-electron chi connectivity index (χ0n) is 9.44. The highest BCUT2D eigenvalue weighted by Gasteiger charge is 2.26. The smallest absolute Gasteiger partial charge is 0.237 e. The molecule has 1 radical (unpaired) electrons. The molecule has 0 fully saturated rings. The fourth-order valence-corrected chi connectivity index (χ4v) is 1.65. The average Bonchev–Trinajstić information content (AvgIpc) is 2.34. The van der Waals surface area contributed by atoms with Gasteiger partial charge in [-0.3, -0.25) is 0 Å². The maximum Gasteiger partial charge on any atom is 0.462 e. The fourth-order valence-electron chi connectivity index (χ4n) is 1.65. The summed E-state index contributed by atoms with van der Waals surface area (Å²) in [5, 5.41) is 11.1. The lowest BCUT2D eigenvalue weighted by atomic mass is 10.2. The molecule has 6 heteroatoms. The molecular formula is C13H7F3NO2. The van der Waals surface area contributed by atoms with Crippen molar-refractivity contribution in [1.29, 1.82) is 0 Å². The molecule has 0 saturated heterocycles. The third-order valence-electron chi connectivity index (χ3n) is 2.40. The van der Waals surface area contributed by atoms with Crippen LogP contribution in [0.5, 0.6) is 0 Å². The summed E-state index contributed by atoms with van der Waals surface area (Å²) in [7, 11) is 0. The lowest BCUT2D eigenvalue weighted by Crippen LogP contribution is -2.25. The number of rotatable bonds is 2. The summed E-state index contributed by atoms with van der Waals surface area (Å²) in [4.78, 5) is 11.4. The normalized spacial score (nSPS) is 10.3. The van der Waals surface area contributed by atoms with Gasteiger partial charge in [-0.25, -0.2) is 28.0 Å². The van der Waals surface area contributed by atoms with Gasteiger partial charge in [-0.15, -0.1) is 0 Å². The molecule has 0 aliphatic heterocycles. The van der Waals surface area contributed by atoms with Gasteiger partial charge in [0.15, 0.2) is 11.6 Å². The lowest BCUT2D eigenvalue weighted by Gasteiger charge is -2.19. The Morgan fingerprint density at radius 1 is 0.947 bits per heavy atom. The SMILES string of the molecule is [O]C(=O)N(c1ccccc1)c1c(F)cc(F)cc1F.